The molecule has 5 heterocycles. The first-order valence-corrected chi connectivity index (χ1v) is 26.1. The molecule has 0 atom stereocenters. The number of nitrogens with zero attached hydrogens (tertiary/aromatic N) is 6. The Morgan fingerprint density at radius 3 is 0.385 bits per heavy atom. The summed E-state index contributed by atoms with van der Waals surface area (Å²) in [7, 11) is 0. The van der Waals surface area contributed by atoms with Crippen molar-refractivity contribution in [3.63, 3.8) is 0 Å². The van der Waals surface area contributed by atoms with Crippen LogP contribution >= 0.6 is 0 Å². The number of hydrogen-bond acceptors (Lipinski definition) is 6. The molecular formula is C72H48N6. The molecule has 6 nitrogen and oxygen atoms in total. The highest BCUT2D eigenvalue weighted by Gasteiger charge is 2.25. The molecule has 5 aromatic heterocycles. The van der Waals surface area contributed by atoms with Crippen molar-refractivity contribution in [2.24, 2.45) is 0 Å². The second-order valence-electron chi connectivity index (χ2n) is 19.1. The van der Waals surface area contributed by atoms with Crippen LogP contribution in [0.2, 0.25) is 0 Å². The first kappa shape index (κ1) is 47.2. The molecule has 0 radical (unpaired) electrons. The Morgan fingerprint density at radius 1 is 0.128 bits per heavy atom. The van der Waals surface area contributed by atoms with Gasteiger partial charge in [0.05, 0.1) is 68.3 Å². The number of benzene rings is 8. The summed E-state index contributed by atoms with van der Waals surface area (Å²) in [6, 6.07) is 100. The molecule has 13 rings (SSSR count). The Hall–Kier alpha value is -10.6. The van der Waals surface area contributed by atoms with Crippen LogP contribution in [0.1, 0.15) is 0 Å². The molecule has 0 spiro atoms. The third-order valence-corrected chi connectivity index (χ3v) is 13.8. The minimum absolute atomic E-state index is 0.676. The monoisotopic (exact) mass is 996 g/mol. The van der Waals surface area contributed by atoms with E-state index in [1.165, 1.54) is 0 Å². The summed E-state index contributed by atoms with van der Waals surface area (Å²) < 4.78 is 0. The fourth-order valence-corrected chi connectivity index (χ4v) is 9.96. The van der Waals surface area contributed by atoms with Gasteiger partial charge in [0.1, 0.15) is 0 Å². The standard InChI is InChI=1S/C72H48N6/c1-9-25-49(26-10-1)61-41-57(42-62(73-61)50-27-11-2-12-28-50)69-70(58-43-63(51-29-13-3-14-30-51)74-64(44-58)52-31-15-4-16-32-52)78-72(60-47-67(55-37-21-7-22-38-55)76-68(48-60)56-39-23-8-24-40-56)71(77-69)59-45-65(53-33-17-5-18-34-53)75-66(46-59)54-35-19-6-20-36-54/h1-48H. The molecule has 0 saturated heterocycles. The number of rotatable bonds is 12. The van der Waals surface area contributed by atoms with E-state index < -0.39 is 0 Å². The molecule has 0 aliphatic rings. The fraction of sp³-hybridized carbons (Fsp3) is 0. The van der Waals surface area contributed by atoms with Gasteiger partial charge in [-0.1, -0.05) is 243 Å². The summed E-state index contributed by atoms with van der Waals surface area (Å²) in [4.78, 5) is 33.5. The minimum Gasteiger partial charge on any atom is -0.248 e. The Morgan fingerprint density at radius 2 is 0.256 bits per heavy atom. The van der Waals surface area contributed by atoms with Crippen LogP contribution in [0.25, 0.3) is 135 Å². The van der Waals surface area contributed by atoms with Gasteiger partial charge in [-0.25, -0.2) is 29.9 Å². The van der Waals surface area contributed by atoms with Gasteiger partial charge in [-0.2, -0.15) is 0 Å². The van der Waals surface area contributed by atoms with Gasteiger partial charge in [-0.3, -0.25) is 0 Å². The van der Waals surface area contributed by atoms with Crippen molar-refractivity contribution < 1.29 is 0 Å². The summed E-state index contributed by atoms with van der Waals surface area (Å²) in [5, 5.41) is 0. The molecule has 0 aliphatic heterocycles. The number of aromatic nitrogens is 6. The maximum atomic E-state index is 6.06. The van der Waals surface area contributed by atoms with Gasteiger partial charge in [0.2, 0.25) is 0 Å². The first-order valence-electron chi connectivity index (χ1n) is 26.1. The number of hydrogen-bond donors (Lipinski definition) is 0. The first-order chi connectivity index (χ1) is 38.6. The van der Waals surface area contributed by atoms with E-state index in [9.17, 15) is 0 Å². The molecular weight excluding hydrogens is 949 g/mol. The van der Waals surface area contributed by atoms with Crippen molar-refractivity contribution in [3.8, 4) is 135 Å². The van der Waals surface area contributed by atoms with Gasteiger partial charge in [0, 0.05) is 66.8 Å². The van der Waals surface area contributed by atoms with Crippen molar-refractivity contribution in [3.05, 3.63) is 291 Å². The largest absolute Gasteiger partial charge is 0.248 e. The highest BCUT2D eigenvalue weighted by atomic mass is 14.9. The second kappa shape index (κ2) is 21.4. The van der Waals surface area contributed by atoms with E-state index in [0.29, 0.717) is 22.8 Å². The van der Waals surface area contributed by atoms with Crippen LogP contribution in [0, 0.1) is 0 Å². The molecule has 0 unspecified atom stereocenters. The van der Waals surface area contributed by atoms with Crippen LogP contribution in [-0.4, -0.2) is 29.9 Å². The zero-order valence-electron chi connectivity index (χ0n) is 42.4. The molecule has 13 aromatic rings. The summed E-state index contributed by atoms with van der Waals surface area (Å²) in [6.07, 6.45) is 0. The SMILES string of the molecule is c1ccc(-c2cc(-c3nc(-c4cc(-c5ccccc5)nc(-c5ccccc5)c4)c(-c4cc(-c5ccccc5)nc(-c5ccccc5)c4)nc3-c3cc(-c4ccccc4)nc(-c4ccccc4)c3)cc(-c3ccccc3)n2)cc1. The molecule has 0 bridgehead atoms. The Kier molecular flexibility index (Phi) is 12.9. The van der Waals surface area contributed by atoms with Gasteiger partial charge in [-0.15, -0.1) is 0 Å². The predicted octanol–water partition coefficient (Wildman–Crippen LogP) is 18.1. The van der Waals surface area contributed by atoms with Gasteiger partial charge >= 0.3 is 0 Å². The van der Waals surface area contributed by atoms with Crippen LogP contribution in [-0.2, 0) is 0 Å². The zero-order chi connectivity index (χ0) is 52.0. The molecule has 366 valence electrons. The smallest absolute Gasteiger partial charge is 0.0974 e. The molecule has 0 N–H and O–H groups in total. The van der Waals surface area contributed by atoms with Crippen LogP contribution in [0.15, 0.2) is 291 Å². The zero-order valence-corrected chi connectivity index (χ0v) is 42.4. The molecule has 0 saturated carbocycles. The van der Waals surface area contributed by atoms with Gasteiger partial charge in [0.15, 0.2) is 0 Å². The summed E-state index contributed by atoms with van der Waals surface area (Å²) >= 11 is 0. The average molecular weight is 997 g/mol. The maximum Gasteiger partial charge on any atom is 0.0974 e. The molecule has 6 heteroatoms. The summed E-state index contributed by atoms with van der Waals surface area (Å²) in [5.41, 5.74) is 20.5. The molecule has 0 fully saturated rings. The lowest BCUT2D eigenvalue weighted by molar-refractivity contribution is 1.20. The van der Waals surface area contributed by atoms with Crippen LogP contribution in [0.3, 0.4) is 0 Å². The van der Waals surface area contributed by atoms with Gasteiger partial charge in [-0.05, 0) is 48.5 Å². The van der Waals surface area contributed by atoms with E-state index in [1.54, 1.807) is 0 Å². The second-order valence-corrected chi connectivity index (χ2v) is 19.1. The van der Waals surface area contributed by atoms with E-state index in [2.05, 4.69) is 243 Å². The summed E-state index contributed by atoms with van der Waals surface area (Å²) in [6.45, 7) is 0. The van der Waals surface area contributed by atoms with Crippen molar-refractivity contribution in [2.45, 2.75) is 0 Å². The van der Waals surface area contributed by atoms with E-state index in [0.717, 1.165) is 112 Å². The van der Waals surface area contributed by atoms with Crippen molar-refractivity contribution in [1.29, 1.82) is 0 Å². The summed E-state index contributed by atoms with van der Waals surface area (Å²) in [5.74, 6) is 0. The average Bonchev–Trinajstić information content (AvgIpc) is 3.71. The fourth-order valence-electron chi connectivity index (χ4n) is 9.96. The third-order valence-electron chi connectivity index (χ3n) is 13.8. The highest BCUT2D eigenvalue weighted by molar-refractivity contribution is 5.92. The lowest BCUT2D eigenvalue weighted by atomic mass is 9.94. The topological polar surface area (TPSA) is 77.3 Å². The maximum absolute atomic E-state index is 6.06. The van der Waals surface area contributed by atoms with Crippen molar-refractivity contribution >= 4 is 0 Å². The lowest BCUT2D eigenvalue weighted by Crippen LogP contribution is -2.04. The van der Waals surface area contributed by atoms with Crippen LogP contribution in [0.4, 0.5) is 0 Å². The van der Waals surface area contributed by atoms with Crippen molar-refractivity contribution in [1.82, 2.24) is 29.9 Å². The molecule has 0 aliphatic carbocycles. The minimum atomic E-state index is 0.676. The van der Waals surface area contributed by atoms with E-state index in [-0.39, 0.29) is 0 Å². The van der Waals surface area contributed by atoms with Gasteiger partial charge < -0.3 is 0 Å². The quantitative estimate of drug-likeness (QED) is 0.121. The van der Waals surface area contributed by atoms with E-state index in [4.69, 9.17) is 29.9 Å². The Balaban J connectivity index is 1.18. The van der Waals surface area contributed by atoms with Crippen molar-refractivity contribution in [2.75, 3.05) is 0 Å². The Bertz CT molecular complexity index is 3420. The van der Waals surface area contributed by atoms with Crippen LogP contribution < -0.4 is 0 Å². The van der Waals surface area contributed by atoms with E-state index in [1.807, 2.05) is 48.5 Å². The third kappa shape index (κ3) is 9.93. The lowest BCUT2D eigenvalue weighted by Gasteiger charge is -2.20. The molecule has 78 heavy (non-hydrogen) atoms. The van der Waals surface area contributed by atoms with Crippen LogP contribution in [0.5, 0.6) is 0 Å². The highest BCUT2D eigenvalue weighted by Crippen LogP contribution is 2.43. The predicted molar refractivity (Wildman–Crippen MR) is 318 cm³/mol. The molecule has 8 aromatic carbocycles. The number of pyridine rings is 4. The van der Waals surface area contributed by atoms with E-state index >= 15 is 0 Å². The Labute approximate surface area is 453 Å². The van der Waals surface area contributed by atoms with Gasteiger partial charge in [0.25, 0.3) is 0 Å². The normalized spacial score (nSPS) is 11.1. The molecule has 0 amide bonds.